The fourth-order valence-corrected chi connectivity index (χ4v) is 2.78. The van der Waals surface area contributed by atoms with Gasteiger partial charge in [-0.25, -0.2) is 4.79 Å². The van der Waals surface area contributed by atoms with Crippen LogP contribution >= 0.6 is 0 Å². The van der Waals surface area contributed by atoms with Gasteiger partial charge in [-0.15, -0.1) is 6.58 Å². The van der Waals surface area contributed by atoms with E-state index in [4.69, 9.17) is 14.2 Å². The molecule has 0 saturated carbocycles. The van der Waals surface area contributed by atoms with Gasteiger partial charge in [0.15, 0.2) is 11.5 Å². The Hall–Kier alpha value is -3.61. The number of imide groups is 1. The summed E-state index contributed by atoms with van der Waals surface area (Å²) in [5.74, 6) is -0.813. The summed E-state index contributed by atoms with van der Waals surface area (Å²) in [6.45, 7) is 3.64. The number of carbonyl (C=O) groups is 3. The highest BCUT2D eigenvalue weighted by molar-refractivity contribution is 6.22. The SMILES string of the molecule is C=CCN1C(=O)c2ccc(C(=O)Oc3c(OC)cccc3OC)cc2C1=O. The van der Waals surface area contributed by atoms with Gasteiger partial charge in [0.05, 0.1) is 30.9 Å². The van der Waals surface area contributed by atoms with Gasteiger partial charge < -0.3 is 14.2 Å². The Morgan fingerprint density at radius 2 is 1.67 bits per heavy atom. The summed E-state index contributed by atoms with van der Waals surface area (Å²) < 4.78 is 15.8. The highest BCUT2D eigenvalue weighted by Crippen LogP contribution is 2.37. The van der Waals surface area contributed by atoms with E-state index in [1.54, 1.807) is 18.2 Å². The number of methoxy groups -OCH3 is 2. The van der Waals surface area contributed by atoms with Crippen LogP contribution in [-0.2, 0) is 0 Å². The first-order chi connectivity index (χ1) is 13.0. The molecule has 0 N–H and O–H groups in total. The zero-order valence-electron chi connectivity index (χ0n) is 14.9. The molecule has 1 aliphatic heterocycles. The van der Waals surface area contributed by atoms with E-state index >= 15 is 0 Å². The van der Waals surface area contributed by atoms with E-state index in [-0.39, 0.29) is 29.0 Å². The van der Waals surface area contributed by atoms with Gasteiger partial charge in [0, 0.05) is 6.54 Å². The van der Waals surface area contributed by atoms with Crippen LogP contribution in [0.15, 0.2) is 49.1 Å². The third-order valence-corrected chi connectivity index (χ3v) is 4.10. The van der Waals surface area contributed by atoms with Crippen LogP contribution in [0.4, 0.5) is 0 Å². The van der Waals surface area contributed by atoms with Gasteiger partial charge in [-0.1, -0.05) is 12.1 Å². The van der Waals surface area contributed by atoms with E-state index in [9.17, 15) is 14.4 Å². The largest absolute Gasteiger partial charge is 0.493 e. The van der Waals surface area contributed by atoms with Crippen molar-refractivity contribution in [3.05, 3.63) is 65.7 Å². The molecule has 2 amide bonds. The van der Waals surface area contributed by atoms with Gasteiger partial charge in [-0.05, 0) is 30.3 Å². The fraction of sp³-hybridized carbons (Fsp3) is 0.150. The lowest BCUT2D eigenvalue weighted by atomic mass is 10.1. The maximum atomic E-state index is 12.6. The quantitative estimate of drug-likeness (QED) is 0.338. The lowest BCUT2D eigenvalue weighted by Gasteiger charge is -2.13. The molecule has 1 aliphatic rings. The van der Waals surface area contributed by atoms with Crippen LogP contribution in [0.3, 0.4) is 0 Å². The standard InChI is InChI=1S/C20H17NO6/c1-4-10-21-18(22)13-9-8-12(11-14(13)19(21)23)20(24)27-17-15(25-2)6-5-7-16(17)26-3/h4-9,11H,1,10H2,2-3H3. The van der Waals surface area contributed by atoms with Crippen LogP contribution in [0.1, 0.15) is 31.1 Å². The minimum Gasteiger partial charge on any atom is -0.493 e. The molecule has 0 spiro atoms. The van der Waals surface area contributed by atoms with Crippen molar-refractivity contribution in [3.63, 3.8) is 0 Å². The third-order valence-electron chi connectivity index (χ3n) is 4.10. The monoisotopic (exact) mass is 367 g/mol. The number of fused-ring (bicyclic) bond motifs is 1. The molecule has 0 bridgehead atoms. The number of nitrogens with zero attached hydrogens (tertiary/aromatic N) is 1. The van der Waals surface area contributed by atoms with Gasteiger partial charge in [-0.3, -0.25) is 14.5 Å². The van der Waals surface area contributed by atoms with Crippen molar-refractivity contribution in [3.8, 4) is 17.2 Å². The molecule has 0 atom stereocenters. The Kier molecular flexibility index (Phi) is 4.94. The molecule has 1 heterocycles. The average Bonchev–Trinajstić information content (AvgIpc) is 2.92. The lowest BCUT2D eigenvalue weighted by molar-refractivity contribution is 0.0671. The normalized spacial score (nSPS) is 12.6. The first kappa shape index (κ1) is 18.2. The Balaban J connectivity index is 1.92. The second-order valence-electron chi connectivity index (χ2n) is 5.65. The minimum atomic E-state index is -0.706. The van der Waals surface area contributed by atoms with E-state index in [0.29, 0.717) is 11.5 Å². The zero-order valence-corrected chi connectivity index (χ0v) is 14.9. The molecule has 2 aromatic rings. The zero-order chi connectivity index (χ0) is 19.6. The van der Waals surface area contributed by atoms with E-state index in [1.165, 1.54) is 38.5 Å². The third kappa shape index (κ3) is 3.15. The van der Waals surface area contributed by atoms with Crippen LogP contribution in [0.25, 0.3) is 0 Å². The maximum Gasteiger partial charge on any atom is 0.343 e. The van der Waals surface area contributed by atoms with Gasteiger partial charge in [0.25, 0.3) is 11.8 Å². The number of hydrogen-bond donors (Lipinski definition) is 0. The first-order valence-electron chi connectivity index (χ1n) is 8.06. The van der Waals surface area contributed by atoms with Crippen LogP contribution in [0.5, 0.6) is 17.2 Å². The van der Waals surface area contributed by atoms with Gasteiger partial charge in [0.2, 0.25) is 5.75 Å². The maximum absolute atomic E-state index is 12.6. The minimum absolute atomic E-state index is 0.102. The van der Waals surface area contributed by atoms with Crippen LogP contribution in [0, 0.1) is 0 Å². The number of rotatable bonds is 6. The highest BCUT2D eigenvalue weighted by atomic mass is 16.6. The predicted molar refractivity (Wildman–Crippen MR) is 96.5 cm³/mol. The summed E-state index contributed by atoms with van der Waals surface area (Å²) in [6, 6.07) is 9.18. The summed E-state index contributed by atoms with van der Waals surface area (Å²) >= 11 is 0. The molecule has 27 heavy (non-hydrogen) atoms. The van der Waals surface area contributed by atoms with Crippen molar-refractivity contribution >= 4 is 17.8 Å². The smallest absolute Gasteiger partial charge is 0.343 e. The molecule has 138 valence electrons. The number of amides is 2. The average molecular weight is 367 g/mol. The molecule has 0 saturated heterocycles. The molecule has 7 nitrogen and oxygen atoms in total. The summed E-state index contributed by atoms with van der Waals surface area (Å²) in [4.78, 5) is 38.3. The summed E-state index contributed by atoms with van der Waals surface area (Å²) in [5, 5.41) is 0. The summed E-state index contributed by atoms with van der Waals surface area (Å²) in [6.07, 6.45) is 1.46. The molecule has 0 unspecified atom stereocenters. The van der Waals surface area contributed by atoms with E-state index < -0.39 is 17.8 Å². The number of benzene rings is 2. The molecule has 0 radical (unpaired) electrons. The van der Waals surface area contributed by atoms with Gasteiger partial charge >= 0.3 is 5.97 Å². The number of hydrogen-bond acceptors (Lipinski definition) is 6. The second kappa shape index (κ2) is 7.33. The Morgan fingerprint density at radius 1 is 1.04 bits per heavy atom. The molecule has 2 aromatic carbocycles. The molecule has 0 aromatic heterocycles. The van der Waals surface area contributed by atoms with Crippen LogP contribution < -0.4 is 14.2 Å². The summed E-state index contributed by atoms with van der Waals surface area (Å²) in [7, 11) is 2.89. The number of para-hydroxylation sites is 1. The van der Waals surface area contributed by atoms with Crippen LogP contribution in [0.2, 0.25) is 0 Å². The summed E-state index contributed by atoms with van der Waals surface area (Å²) in [5.41, 5.74) is 0.528. The van der Waals surface area contributed by atoms with Gasteiger partial charge in [0.1, 0.15) is 0 Å². The van der Waals surface area contributed by atoms with Crippen molar-refractivity contribution in [2.75, 3.05) is 20.8 Å². The molecule has 7 heteroatoms. The first-order valence-corrected chi connectivity index (χ1v) is 8.06. The second-order valence-corrected chi connectivity index (χ2v) is 5.65. The van der Waals surface area contributed by atoms with Crippen molar-refractivity contribution in [2.45, 2.75) is 0 Å². The Morgan fingerprint density at radius 3 is 2.26 bits per heavy atom. The molecule has 0 aliphatic carbocycles. The Bertz CT molecular complexity index is 927. The molecular weight excluding hydrogens is 350 g/mol. The van der Waals surface area contributed by atoms with E-state index in [0.717, 1.165) is 4.90 Å². The van der Waals surface area contributed by atoms with E-state index in [1.807, 2.05) is 0 Å². The molecular formula is C20H17NO6. The fourth-order valence-electron chi connectivity index (χ4n) is 2.78. The number of carbonyl (C=O) groups excluding carboxylic acids is 3. The van der Waals surface area contributed by atoms with Crippen LogP contribution in [-0.4, -0.2) is 43.4 Å². The number of esters is 1. The Labute approximate surface area is 155 Å². The lowest BCUT2D eigenvalue weighted by Crippen LogP contribution is -2.29. The molecule has 3 rings (SSSR count). The van der Waals surface area contributed by atoms with Crippen molar-refractivity contribution < 1.29 is 28.6 Å². The van der Waals surface area contributed by atoms with E-state index in [2.05, 4.69) is 6.58 Å². The number of ether oxygens (including phenoxy) is 3. The highest BCUT2D eigenvalue weighted by Gasteiger charge is 2.35. The van der Waals surface area contributed by atoms with Crippen molar-refractivity contribution in [1.29, 1.82) is 0 Å². The van der Waals surface area contributed by atoms with Crippen molar-refractivity contribution in [1.82, 2.24) is 4.90 Å². The van der Waals surface area contributed by atoms with Crippen molar-refractivity contribution in [2.24, 2.45) is 0 Å². The molecule has 0 fully saturated rings. The predicted octanol–water partition coefficient (Wildman–Crippen LogP) is 2.71. The topological polar surface area (TPSA) is 82.1 Å². The van der Waals surface area contributed by atoms with Gasteiger partial charge in [-0.2, -0.15) is 0 Å².